The van der Waals surface area contributed by atoms with Gasteiger partial charge < -0.3 is 4.98 Å². The fraction of sp³-hybridized carbons (Fsp3) is 0.273. The van der Waals surface area contributed by atoms with Crippen molar-refractivity contribution in [1.82, 2.24) is 4.98 Å². The van der Waals surface area contributed by atoms with E-state index in [9.17, 15) is 13.2 Å². The molecule has 0 radical (unpaired) electrons. The lowest BCUT2D eigenvalue weighted by atomic mass is 10.1. The van der Waals surface area contributed by atoms with Gasteiger partial charge in [-0.1, -0.05) is 13.3 Å². The molecule has 2 aromatic rings. The molecule has 0 atom stereocenters. The van der Waals surface area contributed by atoms with Crippen LogP contribution in [0.25, 0.3) is 10.9 Å². The van der Waals surface area contributed by atoms with E-state index in [0.29, 0.717) is 11.8 Å². The van der Waals surface area contributed by atoms with Crippen LogP contribution in [0.5, 0.6) is 0 Å². The minimum atomic E-state index is -1.42. The van der Waals surface area contributed by atoms with Gasteiger partial charge in [0.25, 0.3) is 0 Å². The molecule has 1 N–H and O–H groups in total. The molecule has 1 nitrogen and oxygen atoms in total. The largest absolute Gasteiger partial charge is 0.358 e. The lowest BCUT2D eigenvalue weighted by molar-refractivity contribution is 0.453. The number of hydrogen-bond acceptors (Lipinski definition) is 0. The molecule has 80 valence electrons. The number of nitrogens with one attached hydrogen (secondary N) is 1. The van der Waals surface area contributed by atoms with Gasteiger partial charge >= 0.3 is 0 Å². The van der Waals surface area contributed by atoms with E-state index in [1.165, 1.54) is 0 Å². The van der Waals surface area contributed by atoms with Crippen LogP contribution in [0.15, 0.2) is 12.3 Å². The topological polar surface area (TPSA) is 15.8 Å². The third-order valence-corrected chi connectivity index (χ3v) is 2.42. The van der Waals surface area contributed by atoms with Crippen molar-refractivity contribution in [3.8, 4) is 0 Å². The predicted molar refractivity (Wildman–Crippen MR) is 52.2 cm³/mol. The summed E-state index contributed by atoms with van der Waals surface area (Å²) < 4.78 is 39.1. The van der Waals surface area contributed by atoms with E-state index in [-0.39, 0.29) is 5.52 Å². The fourth-order valence-electron chi connectivity index (χ4n) is 1.70. The molecule has 0 saturated heterocycles. The average Bonchev–Trinajstić information content (AvgIpc) is 2.59. The van der Waals surface area contributed by atoms with Gasteiger partial charge in [0, 0.05) is 11.6 Å². The van der Waals surface area contributed by atoms with Crippen molar-refractivity contribution in [1.29, 1.82) is 0 Å². The van der Waals surface area contributed by atoms with E-state index >= 15 is 0 Å². The molecule has 0 saturated carbocycles. The number of hydrogen-bond donors (Lipinski definition) is 1. The Kier molecular flexibility index (Phi) is 2.42. The van der Waals surface area contributed by atoms with Crippen LogP contribution in [0.4, 0.5) is 13.2 Å². The standard InChI is InChI=1S/C11H10F3N/c1-2-3-6-5-15-11-7(6)4-8(12)9(13)10(11)14/h4-5,15H,2-3H2,1H3. The summed E-state index contributed by atoms with van der Waals surface area (Å²) in [6.45, 7) is 1.97. The first-order chi connectivity index (χ1) is 7.15. The van der Waals surface area contributed by atoms with Crippen molar-refractivity contribution in [3.63, 3.8) is 0 Å². The van der Waals surface area contributed by atoms with Crippen molar-refractivity contribution in [2.45, 2.75) is 19.8 Å². The maximum absolute atomic E-state index is 13.3. The van der Waals surface area contributed by atoms with Crippen molar-refractivity contribution in [2.75, 3.05) is 0 Å². The quantitative estimate of drug-likeness (QED) is 0.734. The third kappa shape index (κ3) is 1.50. The molecule has 0 spiro atoms. The summed E-state index contributed by atoms with van der Waals surface area (Å²) in [5.74, 6) is -3.71. The monoisotopic (exact) mass is 213 g/mol. The molecule has 0 aliphatic carbocycles. The highest BCUT2D eigenvalue weighted by Gasteiger charge is 2.16. The molecule has 1 aromatic heterocycles. The first-order valence-electron chi connectivity index (χ1n) is 4.78. The SMILES string of the molecule is CCCc1c[nH]c2c(F)c(F)c(F)cc12. The van der Waals surface area contributed by atoms with Crippen LogP contribution in [-0.4, -0.2) is 4.98 Å². The number of benzene rings is 1. The van der Waals surface area contributed by atoms with Gasteiger partial charge in [-0.25, -0.2) is 13.2 Å². The minimum absolute atomic E-state index is 0.0392. The zero-order chi connectivity index (χ0) is 11.0. The van der Waals surface area contributed by atoms with Crippen LogP contribution in [0, 0.1) is 17.5 Å². The summed E-state index contributed by atoms with van der Waals surface area (Å²) >= 11 is 0. The number of rotatable bonds is 2. The first kappa shape index (κ1) is 10.1. The van der Waals surface area contributed by atoms with Gasteiger partial charge in [0.15, 0.2) is 17.5 Å². The van der Waals surface area contributed by atoms with Crippen molar-refractivity contribution >= 4 is 10.9 Å². The second kappa shape index (κ2) is 3.61. The van der Waals surface area contributed by atoms with Gasteiger partial charge in [0.1, 0.15) is 0 Å². The fourth-order valence-corrected chi connectivity index (χ4v) is 1.70. The minimum Gasteiger partial charge on any atom is -0.358 e. The molecule has 0 unspecified atom stereocenters. The van der Waals surface area contributed by atoms with Gasteiger partial charge in [-0.3, -0.25) is 0 Å². The molecule has 0 aliphatic rings. The van der Waals surface area contributed by atoms with E-state index in [2.05, 4.69) is 4.98 Å². The molecule has 0 aliphatic heterocycles. The Bertz CT molecular complexity index is 502. The second-order valence-electron chi connectivity index (χ2n) is 3.47. The first-order valence-corrected chi connectivity index (χ1v) is 4.78. The summed E-state index contributed by atoms with van der Waals surface area (Å²) in [5.41, 5.74) is 0.850. The van der Waals surface area contributed by atoms with E-state index in [0.717, 1.165) is 18.1 Å². The van der Waals surface area contributed by atoms with E-state index in [1.807, 2.05) is 6.92 Å². The van der Waals surface area contributed by atoms with Crippen molar-refractivity contribution in [3.05, 3.63) is 35.3 Å². The second-order valence-corrected chi connectivity index (χ2v) is 3.47. The number of aromatic nitrogens is 1. The smallest absolute Gasteiger partial charge is 0.196 e. The molecule has 0 fully saturated rings. The van der Waals surface area contributed by atoms with Crippen LogP contribution in [-0.2, 0) is 6.42 Å². The third-order valence-electron chi connectivity index (χ3n) is 2.42. The van der Waals surface area contributed by atoms with Crippen LogP contribution in [0.3, 0.4) is 0 Å². The molecule has 4 heteroatoms. The number of H-pyrrole nitrogens is 1. The van der Waals surface area contributed by atoms with Crippen LogP contribution < -0.4 is 0 Å². The summed E-state index contributed by atoms with van der Waals surface area (Å²) in [7, 11) is 0. The van der Waals surface area contributed by atoms with Crippen LogP contribution >= 0.6 is 0 Å². The molecule has 1 aromatic carbocycles. The van der Waals surface area contributed by atoms with Gasteiger partial charge in [0.2, 0.25) is 0 Å². The Morgan fingerprint density at radius 2 is 1.93 bits per heavy atom. The van der Waals surface area contributed by atoms with Crippen LogP contribution in [0.1, 0.15) is 18.9 Å². The van der Waals surface area contributed by atoms with E-state index < -0.39 is 17.5 Å². The van der Waals surface area contributed by atoms with Crippen molar-refractivity contribution in [2.24, 2.45) is 0 Å². The van der Waals surface area contributed by atoms with Crippen LogP contribution in [0.2, 0.25) is 0 Å². The Balaban J connectivity index is 2.71. The molecule has 0 bridgehead atoms. The Morgan fingerprint density at radius 1 is 1.20 bits per heavy atom. The number of fused-ring (bicyclic) bond motifs is 1. The normalized spacial score (nSPS) is 11.2. The maximum atomic E-state index is 13.3. The highest BCUT2D eigenvalue weighted by molar-refractivity contribution is 5.83. The number of halogens is 3. The molecule has 2 rings (SSSR count). The van der Waals surface area contributed by atoms with Gasteiger partial charge in [-0.05, 0) is 18.1 Å². The highest BCUT2D eigenvalue weighted by atomic mass is 19.2. The molecule has 0 amide bonds. The zero-order valence-corrected chi connectivity index (χ0v) is 8.20. The summed E-state index contributed by atoms with van der Waals surface area (Å²) in [6.07, 6.45) is 3.17. The summed E-state index contributed by atoms with van der Waals surface area (Å²) in [6, 6.07) is 1.04. The molecule has 1 heterocycles. The highest BCUT2D eigenvalue weighted by Crippen LogP contribution is 2.25. The lowest BCUT2D eigenvalue weighted by Crippen LogP contribution is -1.92. The number of aromatic amines is 1. The lowest BCUT2D eigenvalue weighted by Gasteiger charge is -1.99. The molecule has 15 heavy (non-hydrogen) atoms. The van der Waals surface area contributed by atoms with Gasteiger partial charge in [0.05, 0.1) is 5.52 Å². The van der Waals surface area contributed by atoms with Crippen molar-refractivity contribution < 1.29 is 13.2 Å². The van der Waals surface area contributed by atoms with E-state index in [1.54, 1.807) is 6.20 Å². The Morgan fingerprint density at radius 3 is 2.60 bits per heavy atom. The predicted octanol–water partition coefficient (Wildman–Crippen LogP) is 3.54. The maximum Gasteiger partial charge on any atom is 0.196 e. The number of aryl methyl sites for hydroxylation is 1. The average molecular weight is 213 g/mol. The van der Waals surface area contributed by atoms with E-state index in [4.69, 9.17) is 0 Å². The van der Waals surface area contributed by atoms with Gasteiger partial charge in [-0.2, -0.15) is 0 Å². The summed E-state index contributed by atoms with van der Waals surface area (Å²) in [4.78, 5) is 2.63. The Hall–Kier alpha value is -1.45. The van der Waals surface area contributed by atoms with Gasteiger partial charge in [-0.15, -0.1) is 0 Å². The zero-order valence-electron chi connectivity index (χ0n) is 8.20. The molecular formula is C11H10F3N. The summed E-state index contributed by atoms with van der Waals surface area (Å²) in [5, 5.41) is 0.424. The molecular weight excluding hydrogens is 203 g/mol. The Labute approximate surface area is 84.9 Å².